The summed E-state index contributed by atoms with van der Waals surface area (Å²) >= 11 is 6.28. The van der Waals surface area contributed by atoms with E-state index in [4.69, 9.17) is 25.8 Å². The number of benzene rings is 2. The van der Waals surface area contributed by atoms with E-state index in [1.165, 1.54) is 30.5 Å². The van der Waals surface area contributed by atoms with Crippen LogP contribution in [0.1, 0.15) is 25.8 Å². The summed E-state index contributed by atoms with van der Waals surface area (Å²) in [7, 11) is 0. The lowest BCUT2D eigenvalue weighted by Crippen LogP contribution is -2.24. The van der Waals surface area contributed by atoms with Crippen LogP contribution in [0, 0.1) is 5.82 Å². The molecule has 0 saturated heterocycles. The number of hydrogen-bond donors (Lipinski definition) is 1. The number of amides is 1. The molecule has 1 N–H and O–H groups in total. The van der Waals surface area contributed by atoms with Crippen molar-refractivity contribution in [1.82, 2.24) is 5.43 Å². The van der Waals surface area contributed by atoms with Crippen LogP contribution in [0.15, 0.2) is 41.5 Å². The van der Waals surface area contributed by atoms with Gasteiger partial charge in [-0.15, -0.1) is 0 Å². The first-order valence-electron chi connectivity index (χ1n) is 8.82. The zero-order chi connectivity index (χ0) is 20.4. The molecule has 1 amide bonds. The average Bonchev–Trinajstić information content (AvgIpc) is 2.67. The fourth-order valence-electron chi connectivity index (χ4n) is 2.16. The number of nitrogens with zero attached hydrogens (tertiary/aromatic N) is 1. The zero-order valence-corrected chi connectivity index (χ0v) is 16.5. The second-order valence-corrected chi connectivity index (χ2v) is 6.05. The number of nitrogens with one attached hydrogen (secondary N) is 1. The van der Waals surface area contributed by atoms with Gasteiger partial charge >= 0.3 is 0 Å². The molecule has 0 bridgehead atoms. The molecule has 0 aliphatic heterocycles. The van der Waals surface area contributed by atoms with Crippen LogP contribution >= 0.6 is 11.6 Å². The summed E-state index contributed by atoms with van der Waals surface area (Å²) in [6, 6.07) is 8.76. The smallest absolute Gasteiger partial charge is 0.277 e. The van der Waals surface area contributed by atoms with E-state index < -0.39 is 5.91 Å². The fourth-order valence-corrected chi connectivity index (χ4v) is 2.43. The Morgan fingerprint density at radius 3 is 2.61 bits per heavy atom. The molecule has 0 unspecified atom stereocenters. The normalized spacial score (nSPS) is 10.7. The summed E-state index contributed by atoms with van der Waals surface area (Å²) in [5, 5.41) is 4.28. The highest BCUT2D eigenvalue weighted by Crippen LogP contribution is 2.36. The number of rotatable bonds is 10. The van der Waals surface area contributed by atoms with Gasteiger partial charge < -0.3 is 14.2 Å². The Hall–Kier alpha value is -2.80. The third-order valence-corrected chi connectivity index (χ3v) is 3.65. The molecular weight excluding hydrogens is 387 g/mol. The molecule has 0 saturated carbocycles. The highest BCUT2D eigenvalue weighted by molar-refractivity contribution is 6.32. The summed E-state index contributed by atoms with van der Waals surface area (Å²) in [4.78, 5) is 11.8. The summed E-state index contributed by atoms with van der Waals surface area (Å²) < 4.78 is 29.3. The first-order valence-corrected chi connectivity index (χ1v) is 9.20. The molecule has 0 aromatic heterocycles. The number of halogens is 2. The average molecular weight is 409 g/mol. The van der Waals surface area contributed by atoms with Gasteiger partial charge in [0, 0.05) is 0 Å². The predicted molar refractivity (Wildman–Crippen MR) is 106 cm³/mol. The van der Waals surface area contributed by atoms with Crippen LogP contribution < -0.4 is 19.6 Å². The molecule has 6 nitrogen and oxygen atoms in total. The van der Waals surface area contributed by atoms with Crippen molar-refractivity contribution in [3.63, 3.8) is 0 Å². The van der Waals surface area contributed by atoms with Crippen LogP contribution in [-0.2, 0) is 4.79 Å². The van der Waals surface area contributed by atoms with Crippen molar-refractivity contribution in [2.45, 2.75) is 20.3 Å². The van der Waals surface area contributed by atoms with Crippen molar-refractivity contribution in [1.29, 1.82) is 0 Å². The third kappa shape index (κ3) is 6.74. The van der Waals surface area contributed by atoms with Gasteiger partial charge in [0.05, 0.1) is 24.5 Å². The quantitative estimate of drug-likeness (QED) is 0.472. The Bertz CT molecular complexity index is 813. The van der Waals surface area contributed by atoms with Crippen molar-refractivity contribution >= 4 is 23.7 Å². The third-order valence-electron chi connectivity index (χ3n) is 3.37. The Kier molecular flexibility index (Phi) is 8.55. The van der Waals surface area contributed by atoms with Gasteiger partial charge in [-0.25, -0.2) is 9.82 Å². The first kappa shape index (κ1) is 21.5. The molecule has 2 aromatic carbocycles. The van der Waals surface area contributed by atoms with E-state index in [0.29, 0.717) is 41.0 Å². The van der Waals surface area contributed by atoms with Crippen LogP contribution in [0.3, 0.4) is 0 Å². The van der Waals surface area contributed by atoms with E-state index in [9.17, 15) is 9.18 Å². The number of ether oxygens (including phenoxy) is 3. The van der Waals surface area contributed by atoms with Gasteiger partial charge in [0.2, 0.25) is 0 Å². The highest BCUT2D eigenvalue weighted by Gasteiger charge is 2.12. The van der Waals surface area contributed by atoms with Gasteiger partial charge in [-0.05, 0) is 55.3 Å². The molecule has 0 aliphatic carbocycles. The fraction of sp³-hybridized carbons (Fsp3) is 0.300. The Balaban J connectivity index is 1.94. The Morgan fingerprint density at radius 2 is 1.93 bits per heavy atom. The molecule has 0 fully saturated rings. The molecule has 2 aromatic rings. The second-order valence-electron chi connectivity index (χ2n) is 5.65. The lowest BCUT2D eigenvalue weighted by Gasteiger charge is -2.13. The van der Waals surface area contributed by atoms with E-state index in [2.05, 4.69) is 10.5 Å². The molecule has 2 rings (SSSR count). The largest absolute Gasteiger partial charge is 0.490 e. The predicted octanol–water partition coefficient (Wildman–Crippen LogP) is 4.20. The van der Waals surface area contributed by atoms with Crippen LogP contribution in [0.25, 0.3) is 0 Å². The van der Waals surface area contributed by atoms with Crippen LogP contribution in [0.4, 0.5) is 4.39 Å². The summed E-state index contributed by atoms with van der Waals surface area (Å²) in [6.45, 7) is 4.59. The number of carbonyl (C=O) groups is 1. The first-order chi connectivity index (χ1) is 13.5. The minimum absolute atomic E-state index is 0.252. The van der Waals surface area contributed by atoms with Gasteiger partial charge in [0.15, 0.2) is 18.1 Å². The highest BCUT2D eigenvalue weighted by atomic mass is 35.5. The summed E-state index contributed by atoms with van der Waals surface area (Å²) in [5.41, 5.74) is 2.99. The van der Waals surface area contributed by atoms with Crippen LogP contribution in [0.5, 0.6) is 17.2 Å². The maximum absolute atomic E-state index is 12.8. The molecular formula is C20H22ClFN2O4. The number of carbonyl (C=O) groups excluding carboxylic acids is 1. The minimum atomic E-state index is -0.459. The molecule has 150 valence electrons. The molecule has 0 heterocycles. The van der Waals surface area contributed by atoms with Crippen molar-refractivity contribution in [2.75, 3.05) is 19.8 Å². The van der Waals surface area contributed by atoms with E-state index in [-0.39, 0.29) is 12.4 Å². The van der Waals surface area contributed by atoms with Gasteiger partial charge in [-0.3, -0.25) is 4.79 Å². The molecule has 0 atom stereocenters. The van der Waals surface area contributed by atoms with Crippen molar-refractivity contribution in [3.05, 3.63) is 52.8 Å². The molecule has 0 radical (unpaired) electrons. The second kappa shape index (κ2) is 11.1. The Labute approximate surface area is 168 Å². The van der Waals surface area contributed by atoms with Crippen molar-refractivity contribution < 1.29 is 23.4 Å². The van der Waals surface area contributed by atoms with Crippen LogP contribution in [-0.4, -0.2) is 31.9 Å². The number of hydrogen-bond acceptors (Lipinski definition) is 5. The van der Waals surface area contributed by atoms with E-state index in [0.717, 1.165) is 6.42 Å². The summed E-state index contributed by atoms with van der Waals surface area (Å²) in [5.74, 6) is 0.545. The zero-order valence-electron chi connectivity index (χ0n) is 15.7. The Morgan fingerprint density at radius 1 is 1.18 bits per heavy atom. The maximum atomic E-state index is 12.8. The summed E-state index contributed by atoms with van der Waals surface area (Å²) in [6.07, 6.45) is 2.28. The molecule has 0 spiro atoms. The minimum Gasteiger partial charge on any atom is -0.490 e. The SMILES string of the molecule is CCCOc1c(Cl)cc(/C=N\NC(=O)COc2ccc(F)cc2)cc1OCC. The van der Waals surface area contributed by atoms with E-state index in [1.807, 2.05) is 13.8 Å². The number of hydrazone groups is 1. The standard InChI is InChI=1S/C20H22ClFN2O4/c1-3-9-27-20-17(21)10-14(11-18(20)26-4-2)12-23-24-19(25)13-28-16-7-5-15(22)6-8-16/h5-8,10-12H,3-4,9,13H2,1-2H3,(H,24,25)/b23-12-. The molecule has 28 heavy (non-hydrogen) atoms. The van der Waals surface area contributed by atoms with Gasteiger partial charge in [-0.2, -0.15) is 5.10 Å². The topological polar surface area (TPSA) is 69.2 Å². The molecule has 8 heteroatoms. The van der Waals surface area contributed by atoms with Crippen molar-refractivity contribution in [2.24, 2.45) is 5.10 Å². The monoisotopic (exact) mass is 408 g/mol. The van der Waals surface area contributed by atoms with Gasteiger partial charge in [0.25, 0.3) is 5.91 Å². The van der Waals surface area contributed by atoms with Gasteiger partial charge in [-0.1, -0.05) is 18.5 Å². The lowest BCUT2D eigenvalue weighted by molar-refractivity contribution is -0.123. The lowest BCUT2D eigenvalue weighted by atomic mass is 10.2. The van der Waals surface area contributed by atoms with Crippen LogP contribution in [0.2, 0.25) is 5.02 Å². The van der Waals surface area contributed by atoms with E-state index >= 15 is 0 Å². The molecule has 0 aliphatic rings. The van der Waals surface area contributed by atoms with Crippen molar-refractivity contribution in [3.8, 4) is 17.2 Å². The van der Waals surface area contributed by atoms with E-state index in [1.54, 1.807) is 12.1 Å². The van der Waals surface area contributed by atoms with Gasteiger partial charge in [0.1, 0.15) is 11.6 Å². The maximum Gasteiger partial charge on any atom is 0.277 e.